The van der Waals surface area contributed by atoms with Gasteiger partial charge in [-0.2, -0.15) is 5.26 Å². The van der Waals surface area contributed by atoms with Crippen molar-refractivity contribution in [2.24, 2.45) is 0 Å². The van der Waals surface area contributed by atoms with Crippen LogP contribution in [0.15, 0.2) is 164 Å². The van der Waals surface area contributed by atoms with Crippen LogP contribution in [0, 0.1) is 11.3 Å². The van der Waals surface area contributed by atoms with Gasteiger partial charge in [-0.05, 0) is 106 Å². The fraction of sp³-hybridized carbons (Fsp3) is 0.0652. The molecule has 3 heteroatoms. The number of rotatable bonds is 5. The second-order valence-electron chi connectivity index (χ2n) is 13.4. The van der Waals surface area contributed by atoms with E-state index in [1.54, 1.807) is 0 Å². The molecule has 1 unspecified atom stereocenters. The van der Waals surface area contributed by atoms with Crippen molar-refractivity contribution in [2.45, 2.75) is 19.3 Å². The number of hydrogen-bond acceptors (Lipinski definition) is 1. The molecule has 0 aliphatic heterocycles. The molecule has 49 heavy (non-hydrogen) atoms. The van der Waals surface area contributed by atoms with Gasteiger partial charge in [-0.1, -0.05) is 129 Å². The molecule has 7 aromatic carbocycles. The van der Waals surface area contributed by atoms with E-state index in [2.05, 4.69) is 176 Å². The summed E-state index contributed by atoms with van der Waals surface area (Å²) in [5.41, 5.74) is 12.0. The number of nitriles is 1. The smallest absolute Gasteiger partial charge is 0.0991 e. The van der Waals surface area contributed by atoms with Crippen molar-refractivity contribution in [3.8, 4) is 34.0 Å². The molecule has 1 aromatic heterocycles. The van der Waals surface area contributed by atoms with Crippen molar-refractivity contribution in [3.05, 3.63) is 180 Å². The summed E-state index contributed by atoms with van der Waals surface area (Å²) in [7, 11) is -0.856. The molecule has 0 radical (unpaired) electrons. The van der Waals surface area contributed by atoms with E-state index < -0.39 is 7.92 Å². The summed E-state index contributed by atoms with van der Waals surface area (Å²) < 4.78 is 2.36. The Morgan fingerprint density at radius 3 is 1.90 bits per heavy atom. The molecule has 1 aliphatic rings. The van der Waals surface area contributed by atoms with Crippen molar-refractivity contribution in [3.63, 3.8) is 0 Å². The molecule has 0 amide bonds. The van der Waals surface area contributed by atoms with E-state index in [9.17, 15) is 5.26 Å². The largest absolute Gasteiger partial charge is 0.309 e. The molecule has 0 fully saturated rings. The molecule has 1 atom stereocenters. The average molecular weight is 645 g/mol. The molecule has 0 saturated carbocycles. The van der Waals surface area contributed by atoms with Gasteiger partial charge in [-0.25, -0.2) is 0 Å². The Morgan fingerprint density at radius 1 is 0.510 bits per heavy atom. The minimum Gasteiger partial charge on any atom is -0.309 e. The van der Waals surface area contributed by atoms with Crippen LogP contribution in [-0.2, 0) is 5.41 Å². The maximum Gasteiger partial charge on any atom is 0.0991 e. The topological polar surface area (TPSA) is 28.7 Å². The SMILES string of the molecule is CC1(C)c2ccccc2-c2ccc(P(c3ccc(C#N)cc3)c3ccc(-c4ccc5c(c4)c4ccccc4n5-c4ccccc4)cc3)cc21. The maximum atomic E-state index is 9.53. The van der Waals surface area contributed by atoms with Crippen LogP contribution in [0.3, 0.4) is 0 Å². The number of hydrogen-bond donors (Lipinski definition) is 0. The van der Waals surface area contributed by atoms with Crippen molar-refractivity contribution in [2.75, 3.05) is 0 Å². The van der Waals surface area contributed by atoms with E-state index >= 15 is 0 Å². The van der Waals surface area contributed by atoms with Gasteiger partial charge in [0.05, 0.1) is 22.7 Å². The van der Waals surface area contributed by atoms with Gasteiger partial charge in [-0.15, -0.1) is 0 Å². The first-order valence-corrected chi connectivity index (χ1v) is 18.1. The van der Waals surface area contributed by atoms with Crippen LogP contribution in [-0.4, -0.2) is 4.57 Å². The lowest BCUT2D eigenvalue weighted by molar-refractivity contribution is 0.661. The van der Waals surface area contributed by atoms with Crippen molar-refractivity contribution >= 4 is 45.6 Å². The fourth-order valence-corrected chi connectivity index (χ4v) is 10.0. The highest BCUT2D eigenvalue weighted by Crippen LogP contribution is 2.49. The number of fused-ring (bicyclic) bond motifs is 6. The summed E-state index contributed by atoms with van der Waals surface area (Å²) in [6.07, 6.45) is 0. The Kier molecular flexibility index (Phi) is 6.87. The third-order valence-electron chi connectivity index (χ3n) is 10.2. The van der Waals surface area contributed by atoms with E-state index in [0.717, 1.165) is 0 Å². The van der Waals surface area contributed by atoms with Gasteiger partial charge >= 0.3 is 0 Å². The zero-order chi connectivity index (χ0) is 33.1. The Balaban J connectivity index is 1.14. The average Bonchev–Trinajstić information content (AvgIpc) is 3.61. The number of nitrogens with zero attached hydrogens (tertiary/aromatic N) is 2. The summed E-state index contributed by atoms with van der Waals surface area (Å²) in [5.74, 6) is 0. The number of para-hydroxylation sites is 2. The Bertz CT molecular complexity index is 2570. The van der Waals surface area contributed by atoms with E-state index in [1.165, 1.54) is 76.8 Å². The summed E-state index contributed by atoms with van der Waals surface area (Å²) >= 11 is 0. The third kappa shape index (κ3) is 4.74. The van der Waals surface area contributed by atoms with Crippen molar-refractivity contribution in [1.29, 1.82) is 5.26 Å². The zero-order valence-electron chi connectivity index (χ0n) is 27.4. The van der Waals surface area contributed by atoms with Gasteiger partial charge in [0.25, 0.3) is 0 Å². The molecule has 0 spiro atoms. The first-order valence-electron chi connectivity index (χ1n) is 16.7. The highest BCUT2D eigenvalue weighted by molar-refractivity contribution is 7.79. The first kappa shape index (κ1) is 29.4. The normalized spacial score (nSPS) is 13.6. The van der Waals surface area contributed by atoms with Gasteiger partial charge in [0.1, 0.15) is 0 Å². The van der Waals surface area contributed by atoms with E-state index in [0.29, 0.717) is 5.56 Å². The lowest BCUT2D eigenvalue weighted by Gasteiger charge is -2.25. The van der Waals surface area contributed by atoms with Gasteiger partial charge in [-0.3, -0.25) is 0 Å². The lowest BCUT2D eigenvalue weighted by atomic mass is 9.82. The fourth-order valence-electron chi connectivity index (χ4n) is 7.77. The summed E-state index contributed by atoms with van der Waals surface area (Å²) in [5, 5.41) is 15.9. The van der Waals surface area contributed by atoms with E-state index in [1.807, 2.05) is 12.1 Å². The molecule has 8 aromatic rings. The maximum absolute atomic E-state index is 9.53. The number of benzene rings is 7. The zero-order valence-corrected chi connectivity index (χ0v) is 28.3. The summed E-state index contributed by atoms with van der Waals surface area (Å²) in [4.78, 5) is 0. The predicted octanol–water partition coefficient (Wildman–Crippen LogP) is 10.4. The molecule has 9 rings (SSSR count). The number of aromatic nitrogens is 1. The van der Waals surface area contributed by atoms with Crippen LogP contribution < -0.4 is 15.9 Å². The molecule has 232 valence electrons. The van der Waals surface area contributed by atoms with Gasteiger partial charge in [0, 0.05) is 21.9 Å². The summed E-state index contributed by atoms with van der Waals surface area (Å²) in [6.45, 7) is 4.68. The molecule has 2 nitrogen and oxygen atoms in total. The standard InChI is InChI=1S/C46H33N2P/c1-46(2)42-14-8-6-12-38(42)39-26-25-37(29-43(39)46)49(35-21-16-31(30-47)17-22-35)36-23-18-32(19-24-36)33-20-27-45-41(28-33)40-13-7-9-15-44(40)48(45)34-10-4-3-5-11-34/h3-29H,1-2H3. The molecule has 1 heterocycles. The van der Waals surface area contributed by atoms with Gasteiger partial charge < -0.3 is 4.57 Å². The van der Waals surface area contributed by atoms with Crippen LogP contribution in [0.4, 0.5) is 0 Å². The van der Waals surface area contributed by atoms with Crippen LogP contribution in [0.1, 0.15) is 30.5 Å². The highest BCUT2D eigenvalue weighted by atomic mass is 31.1. The van der Waals surface area contributed by atoms with Crippen LogP contribution in [0.2, 0.25) is 0 Å². The van der Waals surface area contributed by atoms with E-state index in [-0.39, 0.29) is 5.41 Å². The lowest BCUT2D eigenvalue weighted by Crippen LogP contribution is -2.23. The van der Waals surface area contributed by atoms with Crippen molar-refractivity contribution in [1.82, 2.24) is 4.57 Å². The monoisotopic (exact) mass is 644 g/mol. The molecular weight excluding hydrogens is 611 g/mol. The van der Waals surface area contributed by atoms with Crippen molar-refractivity contribution < 1.29 is 0 Å². The van der Waals surface area contributed by atoms with Crippen LogP contribution in [0.5, 0.6) is 0 Å². The minimum atomic E-state index is -0.856. The predicted molar refractivity (Wildman–Crippen MR) is 207 cm³/mol. The Morgan fingerprint density at radius 2 is 1.12 bits per heavy atom. The quantitative estimate of drug-likeness (QED) is 0.171. The van der Waals surface area contributed by atoms with Gasteiger partial charge in [0.2, 0.25) is 0 Å². The van der Waals surface area contributed by atoms with Crippen LogP contribution >= 0.6 is 7.92 Å². The highest BCUT2D eigenvalue weighted by Gasteiger charge is 2.35. The second kappa shape index (κ2) is 11.5. The molecule has 0 saturated heterocycles. The molecule has 1 aliphatic carbocycles. The minimum absolute atomic E-state index is 0.0697. The second-order valence-corrected chi connectivity index (χ2v) is 15.6. The van der Waals surface area contributed by atoms with E-state index in [4.69, 9.17) is 0 Å². The first-order chi connectivity index (χ1) is 24.0. The Hall–Kier alpha value is -5.74. The summed E-state index contributed by atoms with van der Waals surface area (Å²) in [6, 6.07) is 61.7. The molecular formula is C46H33N2P. The Labute approximate surface area is 288 Å². The molecule has 0 bridgehead atoms. The molecule has 0 N–H and O–H groups in total. The third-order valence-corrected chi connectivity index (χ3v) is 12.6. The van der Waals surface area contributed by atoms with Gasteiger partial charge in [0.15, 0.2) is 0 Å². The van der Waals surface area contributed by atoms with Crippen LogP contribution in [0.25, 0.3) is 49.7 Å².